The largest absolute Gasteiger partial charge is 0.474 e. The minimum Gasteiger partial charge on any atom is -0.474 e. The maximum Gasteiger partial charge on any atom is 0.258 e. The van der Waals surface area contributed by atoms with Gasteiger partial charge in [-0.25, -0.2) is 0 Å². The van der Waals surface area contributed by atoms with E-state index in [2.05, 4.69) is 19.0 Å². The topological polar surface area (TPSA) is 61.3 Å². The molecule has 1 heterocycles. The minimum absolute atomic E-state index is 0.450. The SMILES string of the molecule is CC(C)Cc1c(OCCN)noc1-c1ccccc1. The van der Waals surface area contributed by atoms with Crippen LogP contribution in [0, 0.1) is 5.92 Å². The Morgan fingerprint density at radius 2 is 2.00 bits per heavy atom. The Bertz CT molecular complexity index is 506. The van der Waals surface area contributed by atoms with E-state index in [1.54, 1.807) is 0 Å². The van der Waals surface area contributed by atoms with Crippen LogP contribution in [-0.4, -0.2) is 18.3 Å². The molecular formula is C15H20N2O2. The third kappa shape index (κ3) is 3.35. The first kappa shape index (κ1) is 13.6. The Hall–Kier alpha value is -1.81. The molecule has 0 saturated carbocycles. The monoisotopic (exact) mass is 260 g/mol. The third-order valence-electron chi connectivity index (χ3n) is 2.76. The van der Waals surface area contributed by atoms with Crippen LogP contribution in [0.3, 0.4) is 0 Å². The first-order valence-corrected chi connectivity index (χ1v) is 6.59. The fourth-order valence-corrected chi connectivity index (χ4v) is 1.97. The van der Waals surface area contributed by atoms with Crippen molar-refractivity contribution < 1.29 is 9.26 Å². The van der Waals surface area contributed by atoms with Crippen molar-refractivity contribution in [1.29, 1.82) is 0 Å². The minimum atomic E-state index is 0.450. The molecule has 2 rings (SSSR count). The molecule has 2 N–H and O–H groups in total. The Morgan fingerprint density at radius 3 is 2.63 bits per heavy atom. The molecule has 0 atom stereocenters. The van der Waals surface area contributed by atoms with Crippen LogP contribution in [0.2, 0.25) is 0 Å². The number of hydrogen-bond acceptors (Lipinski definition) is 4. The molecule has 1 aromatic carbocycles. The fraction of sp³-hybridized carbons (Fsp3) is 0.400. The van der Waals surface area contributed by atoms with Gasteiger partial charge >= 0.3 is 0 Å². The van der Waals surface area contributed by atoms with Gasteiger partial charge in [-0.1, -0.05) is 44.2 Å². The number of nitrogens with two attached hydrogens (primary N) is 1. The highest BCUT2D eigenvalue weighted by Gasteiger charge is 2.19. The van der Waals surface area contributed by atoms with Gasteiger partial charge in [0.25, 0.3) is 5.88 Å². The lowest BCUT2D eigenvalue weighted by atomic mass is 10.0. The first-order valence-electron chi connectivity index (χ1n) is 6.59. The predicted octanol–water partition coefficient (Wildman–Crippen LogP) is 2.88. The van der Waals surface area contributed by atoms with E-state index in [1.807, 2.05) is 30.3 Å². The molecule has 0 aliphatic rings. The Labute approximate surface area is 113 Å². The van der Waals surface area contributed by atoms with E-state index < -0.39 is 0 Å². The van der Waals surface area contributed by atoms with Crippen molar-refractivity contribution >= 4 is 0 Å². The predicted molar refractivity (Wildman–Crippen MR) is 75.0 cm³/mol. The summed E-state index contributed by atoms with van der Waals surface area (Å²) in [5, 5.41) is 4.03. The Kier molecular flexibility index (Phi) is 4.58. The molecule has 102 valence electrons. The van der Waals surface area contributed by atoms with Crippen LogP contribution < -0.4 is 10.5 Å². The van der Waals surface area contributed by atoms with Crippen molar-refractivity contribution in [3.63, 3.8) is 0 Å². The maximum atomic E-state index is 5.56. The molecule has 0 saturated heterocycles. The molecule has 0 spiro atoms. The fourth-order valence-electron chi connectivity index (χ4n) is 1.97. The zero-order valence-corrected chi connectivity index (χ0v) is 11.4. The van der Waals surface area contributed by atoms with Gasteiger partial charge in [0, 0.05) is 12.1 Å². The third-order valence-corrected chi connectivity index (χ3v) is 2.76. The summed E-state index contributed by atoms with van der Waals surface area (Å²) in [5.41, 5.74) is 7.51. The lowest BCUT2D eigenvalue weighted by molar-refractivity contribution is 0.286. The first-order chi connectivity index (χ1) is 9.22. The van der Waals surface area contributed by atoms with Crippen molar-refractivity contribution in [2.75, 3.05) is 13.2 Å². The van der Waals surface area contributed by atoms with Gasteiger partial charge in [0.2, 0.25) is 0 Å². The van der Waals surface area contributed by atoms with Gasteiger partial charge in [0.1, 0.15) is 6.61 Å². The lowest BCUT2D eigenvalue weighted by Crippen LogP contribution is -2.11. The van der Waals surface area contributed by atoms with Crippen LogP contribution in [0.5, 0.6) is 5.88 Å². The summed E-state index contributed by atoms with van der Waals surface area (Å²) in [7, 11) is 0. The number of rotatable bonds is 6. The van der Waals surface area contributed by atoms with Crippen molar-refractivity contribution in [3.8, 4) is 17.2 Å². The van der Waals surface area contributed by atoms with Gasteiger partial charge in [-0.05, 0) is 17.5 Å². The number of benzene rings is 1. The zero-order valence-electron chi connectivity index (χ0n) is 11.4. The number of hydrogen-bond donors (Lipinski definition) is 1. The summed E-state index contributed by atoms with van der Waals surface area (Å²) < 4.78 is 11.0. The van der Waals surface area contributed by atoms with Crippen LogP contribution in [0.15, 0.2) is 34.9 Å². The molecule has 4 nitrogen and oxygen atoms in total. The van der Waals surface area contributed by atoms with Crippen molar-refractivity contribution in [2.24, 2.45) is 11.7 Å². The van der Waals surface area contributed by atoms with Gasteiger partial charge in [-0.3, -0.25) is 0 Å². The average molecular weight is 260 g/mol. The van der Waals surface area contributed by atoms with Crippen LogP contribution in [0.25, 0.3) is 11.3 Å². The van der Waals surface area contributed by atoms with E-state index in [-0.39, 0.29) is 0 Å². The Balaban J connectivity index is 2.35. The molecule has 0 amide bonds. The Morgan fingerprint density at radius 1 is 1.26 bits per heavy atom. The smallest absolute Gasteiger partial charge is 0.258 e. The average Bonchev–Trinajstić information content (AvgIpc) is 2.79. The van der Waals surface area contributed by atoms with Crippen LogP contribution in [-0.2, 0) is 6.42 Å². The van der Waals surface area contributed by atoms with Crippen LogP contribution in [0.1, 0.15) is 19.4 Å². The molecule has 1 aromatic heterocycles. The van der Waals surface area contributed by atoms with E-state index >= 15 is 0 Å². The molecule has 0 aliphatic heterocycles. The molecule has 2 aromatic rings. The van der Waals surface area contributed by atoms with Gasteiger partial charge in [-0.15, -0.1) is 0 Å². The summed E-state index contributed by atoms with van der Waals surface area (Å²) in [6, 6.07) is 9.97. The highest BCUT2D eigenvalue weighted by molar-refractivity contribution is 5.63. The van der Waals surface area contributed by atoms with Crippen molar-refractivity contribution in [1.82, 2.24) is 5.16 Å². The molecule has 4 heteroatoms. The van der Waals surface area contributed by atoms with E-state index in [1.165, 1.54) is 0 Å². The number of aromatic nitrogens is 1. The second-order valence-electron chi connectivity index (χ2n) is 4.90. The van der Waals surface area contributed by atoms with E-state index in [4.69, 9.17) is 15.0 Å². The molecule has 19 heavy (non-hydrogen) atoms. The summed E-state index contributed by atoms with van der Waals surface area (Å²) in [5.74, 6) is 1.86. The molecule has 0 unspecified atom stereocenters. The van der Waals surface area contributed by atoms with E-state index in [9.17, 15) is 0 Å². The molecule has 0 fully saturated rings. The van der Waals surface area contributed by atoms with E-state index in [0.29, 0.717) is 24.9 Å². The highest BCUT2D eigenvalue weighted by atomic mass is 16.5. The lowest BCUT2D eigenvalue weighted by Gasteiger charge is -2.07. The highest BCUT2D eigenvalue weighted by Crippen LogP contribution is 2.32. The normalized spacial score (nSPS) is 10.9. The van der Waals surface area contributed by atoms with Crippen LogP contribution >= 0.6 is 0 Å². The number of ether oxygens (including phenoxy) is 1. The summed E-state index contributed by atoms with van der Waals surface area (Å²) in [6.45, 7) is 5.24. The molecular weight excluding hydrogens is 240 g/mol. The summed E-state index contributed by atoms with van der Waals surface area (Å²) >= 11 is 0. The summed E-state index contributed by atoms with van der Waals surface area (Å²) in [4.78, 5) is 0. The van der Waals surface area contributed by atoms with E-state index in [0.717, 1.165) is 23.3 Å². The summed E-state index contributed by atoms with van der Waals surface area (Å²) in [6.07, 6.45) is 0.869. The standard InChI is InChI=1S/C15H20N2O2/c1-11(2)10-13-14(12-6-4-3-5-7-12)19-17-15(13)18-9-8-16/h3-7,11H,8-10,16H2,1-2H3. The van der Waals surface area contributed by atoms with Crippen molar-refractivity contribution in [2.45, 2.75) is 20.3 Å². The second kappa shape index (κ2) is 6.38. The molecule has 0 bridgehead atoms. The van der Waals surface area contributed by atoms with Crippen molar-refractivity contribution in [3.05, 3.63) is 35.9 Å². The van der Waals surface area contributed by atoms with Gasteiger partial charge in [0.05, 0.1) is 5.56 Å². The van der Waals surface area contributed by atoms with Gasteiger partial charge in [-0.2, -0.15) is 0 Å². The molecule has 0 radical (unpaired) electrons. The second-order valence-corrected chi connectivity index (χ2v) is 4.90. The zero-order chi connectivity index (χ0) is 13.7. The van der Waals surface area contributed by atoms with Gasteiger partial charge < -0.3 is 15.0 Å². The van der Waals surface area contributed by atoms with Crippen LogP contribution in [0.4, 0.5) is 0 Å². The van der Waals surface area contributed by atoms with Gasteiger partial charge in [0.15, 0.2) is 5.76 Å². The number of nitrogens with zero attached hydrogens (tertiary/aromatic N) is 1. The molecule has 0 aliphatic carbocycles. The quantitative estimate of drug-likeness (QED) is 0.867. The maximum absolute atomic E-state index is 5.56.